The summed E-state index contributed by atoms with van der Waals surface area (Å²) in [4.78, 5) is 14.3. The van der Waals surface area contributed by atoms with E-state index in [2.05, 4.69) is 22.9 Å². The van der Waals surface area contributed by atoms with Gasteiger partial charge in [0, 0.05) is 17.1 Å². The van der Waals surface area contributed by atoms with Crippen molar-refractivity contribution in [3.8, 4) is 5.75 Å². The first-order chi connectivity index (χ1) is 8.63. The van der Waals surface area contributed by atoms with Gasteiger partial charge in [0.25, 0.3) is 5.91 Å². The van der Waals surface area contributed by atoms with Crippen molar-refractivity contribution in [2.75, 3.05) is 6.54 Å². The predicted molar refractivity (Wildman–Crippen MR) is 74.8 cm³/mol. The zero-order chi connectivity index (χ0) is 13.1. The molecule has 1 fully saturated rings. The molecule has 0 heterocycles. The molecule has 4 heteroatoms. The minimum Gasteiger partial charge on any atom is -0.507 e. The minimum absolute atomic E-state index is 0.0454. The molecule has 1 N–H and O–H groups in total. The fraction of sp³-hybridized carbons (Fsp3) is 0.500. The Morgan fingerprint density at radius 2 is 2.22 bits per heavy atom. The Morgan fingerprint density at radius 3 is 2.78 bits per heavy atom. The van der Waals surface area contributed by atoms with Gasteiger partial charge in [-0.2, -0.15) is 0 Å². The van der Waals surface area contributed by atoms with Crippen molar-refractivity contribution in [3.05, 3.63) is 28.2 Å². The third-order valence-corrected chi connectivity index (χ3v) is 3.68. The van der Waals surface area contributed by atoms with Crippen LogP contribution in [0, 0.1) is 0 Å². The topological polar surface area (TPSA) is 40.5 Å². The lowest BCUT2D eigenvalue weighted by Crippen LogP contribution is -2.34. The highest BCUT2D eigenvalue weighted by atomic mass is 79.9. The van der Waals surface area contributed by atoms with E-state index in [4.69, 9.17) is 0 Å². The van der Waals surface area contributed by atoms with Crippen molar-refractivity contribution in [2.24, 2.45) is 0 Å². The van der Waals surface area contributed by atoms with Gasteiger partial charge < -0.3 is 10.0 Å². The van der Waals surface area contributed by atoms with Crippen molar-refractivity contribution >= 4 is 21.8 Å². The van der Waals surface area contributed by atoms with Crippen LogP contribution in [0.5, 0.6) is 5.75 Å². The second-order valence-electron chi connectivity index (χ2n) is 4.74. The highest BCUT2D eigenvalue weighted by Gasteiger charge is 2.33. The molecule has 98 valence electrons. The number of nitrogens with zero attached hydrogens (tertiary/aromatic N) is 1. The zero-order valence-corrected chi connectivity index (χ0v) is 12.1. The summed E-state index contributed by atoms with van der Waals surface area (Å²) >= 11 is 3.28. The van der Waals surface area contributed by atoms with Crippen LogP contribution in [0.4, 0.5) is 0 Å². The Bertz CT molecular complexity index is 443. The van der Waals surface area contributed by atoms with E-state index in [0.29, 0.717) is 11.6 Å². The molecule has 0 unspecified atom stereocenters. The minimum atomic E-state index is -0.0454. The van der Waals surface area contributed by atoms with Crippen molar-refractivity contribution in [1.82, 2.24) is 4.90 Å². The summed E-state index contributed by atoms with van der Waals surface area (Å²) in [5, 5.41) is 9.86. The van der Waals surface area contributed by atoms with E-state index in [0.717, 1.165) is 36.7 Å². The fourth-order valence-corrected chi connectivity index (χ4v) is 2.35. The Kier molecular flexibility index (Phi) is 4.27. The van der Waals surface area contributed by atoms with Crippen molar-refractivity contribution in [1.29, 1.82) is 0 Å². The molecule has 0 radical (unpaired) electrons. The van der Waals surface area contributed by atoms with Gasteiger partial charge in [0.1, 0.15) is 5.75 Å². The largest absolute Gasteiger partial charge is 0.507 e. The molecular weight excluding hydrogens is 294 g/mol. The van der Waals surface area contributed by atoms with E-state index in [9.17, 15) is 9.90 Å². The Labute approximate surface area is 116 Å². The first-order valence-electron chi connectivity index (χ1n) is 6.43. The number of halogens is 1. The molecule has 0 atom stereocenters. The van der Waals surface area contributed by atoms with E-state index in [1.54, 1.807) is 18.2 Å². The van der Waals surface area contributed by atoms with Crippen LogP contribution in [0.15, 0.2) is 22.7 Å². The van der Waals surface area contributed by atoms with Crippen LogP contribution in [0.3, 0.4) is 0 Å². The Morgan fingerprint density at radius 1 is 1.50 bits per heavy atom. The lowest BCUT2D eigenvalue weighted by atomic mass is 10.1. The highest BCUT2D eigenvalue weighted by molar-refractivity contribution is 9.10. The predicted octanol–water partition coefficient (Wildman–Crippen LogP) is 3.56. The monoisotopic (exact) mass is 311 g/mol. The maximum absolute atomic E-state index is 12.4. The third kappa shape index (κ3) is 3.05. The second kappa shape index (κ2) is 5.74. The van der Waals surface area contributed by atoms with Crippen molar-refractivity contribution < 1.29 is 9.90 Å². The molecule has 1 saturated carbocycles. The molecule has 0 saturated heterocycles. The van der Waals surface area contributed by atoms with Crippen molar-refractivity contribution in [3.63, 3.8) is 0 Å². The maximum atomic E-state index is 12.4. The second-order valence-corrected chi connectivity index (χ2v) is 5.66. The first-order valence-corrected chi connectivity index (χ1v) is 7.22. The normalized spacial score (nSPS) is 14.6. The Hall–Kier alpha value is -1.03. The molecule has 1 aliphatic rings. The number of benzene rings is 1. The van der Waals surface area contributed by atoms with Gasteiger partial charge in [-0.1, -0.05) is 29.3 Å². The third-order valence-electron chi connectivity index (χ3n) is 3.19. The molecule has 2 rings (SSSR count). The summed E-state index contributed by atoms with van der Waals surface area (Å²) in [6, 6.07) is 5.42. The quantitative estimate of drug-likeness (QED) is 0.903. The molecule has 3 nitrogen and oxygen atoms in total. The van der Waals surface area contributed by atoms with E-state index < -0.39 is 0 Å². The van der Waals surface area contributed by atoms with Crippen LogP contribution < -0.4 is 0 Å². The average Bonchev–Trinajstić information content (AvgIpc) is 3.13. The van der Waals surface area contributed by atoms with Gasteiger partial charge in [0.2, 0.25) is 0 Å². The molecule has 18 heavy (non-hydrogen) atoms. The fourth-order valence-electron chi connectivity index (χ4n) is 2.00. The van der Waals surface area contributed by atoms with Gasteiger partial charge in [-0.3, -0.25) is 4.79 Å². The summed E-state index contributed by atoms with van der Waals surface area (Å²) in [5.74, 6) is 0.00692. The molecule has 0 bridgehead atoms. The zero-order valence-electron chi connectivity index (χ0n) is 10.5. The smallest absolute Gasteiger partial charge is 0.257 e. The molecule has 1 aliphatic carbocycles. The van der Waals surface area contributed by atoms with Crippen LogP contribution in [-0.4, -0.2) is 28.5 Å². The molecule has 1 aromatic carbocycles. The van der Waals surface area contributed by atoms with Crippen LogP contribution in [0.1, 0.15) is 43.0 Å². The van der Waals surface area contributed by atoms with Gasteiger partial charge in [-0.15, -0.1) is 0 Å². The van der Waals surface area contributed by atoms with Crippen LogP contribution in [-0.2, 0) is 0 Å². The number of carbonyl (C=O) groups is 1. The summed E-state index contributed by atoms with van der Waals surface area (Å²) in [6.07, 6.45) is 4.27. The highest BCUT2D eigenvalue weighted by Crippen LogP contribution is 2.31. The standard InChI is InChI=1S/C14H18BrNO2/c1-2-3-8-16(11-5-6-11)14(18)12-7-4-10(15)9-13(12)17/h4,7,9,11,17H,2-3,5-6,8H2,1H3. The van der Waals surface area contributed by atoms with Gasteiger partial charge in [-0.25, -0.2) is 0 Å². The van der Waals surface area contributed by atoms with Crippen molar-refractivity contribution in [2.45, 2.75) is 38.6 Å². The molecule has 0 aromatic heterocycles. The van der Waals surface area contributed by atoms with E-state index in [1.165, 1.54) is 0 Å². The van der Waals surface area contributed by atoms with Gasteiger partial charge in [-0.05, 0) is 37.5 Å². The summed E-state index contributed by atoms with van der Waals surface area (Å²) < 4.78 is 0.781. The summed E-state index contributed by atoms with van der Waals surface area (Å²) in [7, 11) is 0. The van der Waals surface area contributed by atoms with Gasteiger partial charge >= 0.3 is 0 Å². The summed E-state index contributed by atoms with van der Waals surface area (Å²) in [5.41, 5.74) is 0.404. The van der Waals surface area contributed by atoms with Crippen LogP contribution in [0.2, 0.25) is 0 Å². The number of carbonyl (C=O) groups excluding carboxylic acids is 1. The maximum Gasteiger partial charge on any atom is 0.257 e. The SMILES string of the molecule is CCCCN(C(=O)c1ccc(Br)cc1O)C1CC1. The molecular formula is C14H18BrNO2. The number of unbranched alkanes of at least 4 members (excludes halogenated alkanes) is 1. The van der Waals surface area contributed by atoms with Gasteiger partial charge in [0.15, 0.2) is 0 Å². The number of hydrogen-bond donors (Lipinski definition) is 1. The number of hydrogen-bond acceptors (Lipinski definition) is 2. The van der Waals surface area contributed by atoms with E-state index in [-0.39, 0.29) is 11.7 Å². The number of rotatable bonds is 5. The Balaban J connectivity index is 2.16. The molecule has 0 spiro atoms. The van der Waals surface area contributed by atoms with Crippen LogP contribution >= 0.6 is 15.9 Å². The van der Waals surface area contributed by atoms with E-state index >= 15 is 0 Å². The number of phenols is 1. The first kappa shape index (κ1) is 13.4. The molecule has 0 aliphatic heterocycles. The van der Waals surface area contributed by atoms with E-state index in [1.807, 2.05) is 4.90 Å². The number of phenolic OH excluding ortho intramolecular Hbond substituents is 1. The van der Waals surface area contributed by atoms with Crippen LogP contribution in [0.25, 0.3) is 0 Å². The number of amides is 1. The number of aromatic hydroxyl groups is 1. The lowest BCUT2D eigenvalue weighted by molar-refractivity contribution is 0.0737. The molecule has 1 aromatic rings. The van der Waals surface area contributed by atoms with Gasteiger partial charge in [0.05, 0.1) is 5.56 Å². The average molecular weight is 312 g/mol. The lowest BCUT2D eigenvalue weighted by Gasteiger charge is -2.22. The molecule has 1 amide bonds. The summed E-state index contributed by atoms with van der Waals surface area (Å²) in [6.45, 7) is 2.90.